The van der Waals surface area contributed by atoms with Gasteiger partial charge in [-0.1, -0.05) is 6.42 Å². The van der Waals surface area contributed by atoms with E-state index in [1.807, 2.05) is 0 Å². The lowest BCUT2D eigenvalue weighted by Crippen LogP contribution is -2.35. The summed E-state index contributed by atoms with van der Waals surface area (Å²) in [6.07, 6.45) is 4.54. The van der Waals surface area contributed by atoms with E-state index in [0.717, 1.165) is 25.7 Å². The molecule has 1 aliphatic carbocycles. The summed E-state index contributed by atoms with van der Waals surface area (Å²) in [4.78, 5) is 0. The largest absolute Gasteiger partial charge is 0.229 e. The molecule has 2 unspecified atom stereocenters. The average molecular weight is 213 g/mol. The zero-order valence-electron chi connectivity index (χ0n) is 8.15. The normalized spacial score (nSPS) is 33.2. The van der Waals surface area contributed by atoms with E-state index in [-0.39, 0.29) is 11.2 Å². The van der Waals surface area contributed by atoms with Crippen molar-refractivity contribution in [3.63, 3.8) is 0 Å². The number of rotatable bonds is 2. The van der Waals surface area contributed by atoms with Crippen LogP contribution in [0.3, 0.4) is 0 Å². The number of nitriles is 1. The Bertz CT molecular complexity index is 351. The van der Waals surface area contributed by atoms with Gasteiger partial charge in [0.05, 0.1) is 23.0 Å². The third kappa shape index (κ3) is 1.78. The molecule has 1 heterocycles. The second kappa shape index (κ2) is 3.54. The summed E-state index contributed by atoms with van der Waals surface area (Å²) in [5, 5.41) is 8.65. The van der Waals surface area contributed by atoms with Gasteiger partial charge in [-0.05, 0) is 31.6 Å². The van der Waals surface area contributed by atoms with Gasteiger partial charge in [-0.15, -0.1) is 0 Å². The van der Waals surface area contributed by atoms with E-state index in [9.17, 15) is 8.42 Å². The van der Waals surface area contributed by atoms with E-state index in [2.05, 4.69) is 6.07 Å². The number of sulfone groups is 1. The number of hydrogen-bond acceptors (Lipinski definition) is 3. The van der Waals surface area contributed by atoms with Crippen LogP contribution in [0.4, 0.5) is 0 Å². The molecule has 0 radical (unpaired) electrons. The second-order valence-corrected chi connectivity index (χ2v) is 6.73. The van der Waals surface area contributed by atoms with E-state index < -0.39 is 9.84 Å². The molecule has 1 saturated heterocycles. The predicted octanol–water partition coefficient (Wildman–Crippen LogP) is 1.50. The van der Waals surface area contributed by atoms with Gasteiger partial charge in [0.1, 0.15) is 0 Å². The minimum absolute atomic E-state index is 0.222. The minimum Gasteiger partial charge on any atom is -0.229 e. The van der Waals surface area contributed by atoms with Gasteiger partial charge in [-0.25, -0.2) is 8.42 Å². The van der Waals surface area contributed by atoms with Crippen molar-refractivity contribution in [1.82, 2.24) is 0 Å². The molecule has 0 N–H and O–H groups in total. The van der Waals surface area contributed by atoms with Crippen molar-refractivity contribution in [2.24, 2.45) is 11.8 Å². The monoisotopic (exact) mass is 213 g/mol. The molecule has 2 fully saturated rings. The Morgan fingerprint density at radius 2 is 1.93 bits per heavy atom. The van der Waals surface area contributed by atoms with Crippen molar-refractivity contribution < 1.29 is 8.42 Å². The first-order valence-corrected chi connectivity index (χ1v) is 6.98. The zero-order chi connectivity index (χ0) is 10.2. The van der Waals surface area contributed by atoms with Crippen LogP contribution < -0.4 is 0 Å². The number of hydrogen-bond donors (Lipinski definition) is 0. The van der Waals surface area contributed by atoms with Gasteiger partial charge in [0.25, 0.3) is 0 Å². The van der Waals surface area contributed by atoms with E-state index in [0.29, 0.717) is 18.1 Å². The molecule has 2 atom stereocenters. The lowest BCUT2D eigenvalue weighted by atomic mass is 9.97. The van der Waals surface area contributed by atoms with Crippen LogP contribution in [-0.2, 0) is 9.84 Å². The Morgan fingerprint density at radius 3 is 2.43 bits per heavy atom. The molecule has 0 amide bonds. The Morgan fingerprint density at radius 1 is 1.21 bits per heavy atom. The van der Waals surface area contributed by atoms with Crippen LogP contribution >= 0.6 is 0 Å². The van der Waals surface area contributed by atoms with Gasteiger partial charge in [0.2, 0.25) is 0 Å². The first kappa shape index (κ1) is 9.97. The Labute approximate surface area is 85.0 Å². The van der Waals surface area contributed by atoms with Crippen LogP contribution in [0.2, 0.25) is 0 Å². The summed E-state index contributed by atoms with van der Waals surface area (Å²) in [6.45, 7) is 0. The summed E-state index contributed by atoms with van der Waals surface area (Å²) < 4.78 is 23.5. The Hall–Kier alpha value is -0.560. The van der Waals surface area contributed by atoms with Crippen LogP contribution in [-0.4, -0.2) is 19.4 Å². The molecule has 1 aliphatic heterocycles. The minimum atomic E-state index is -2.96. The maximum atomic E-state index is 11.8. The fourth-order valence-electron chi connectivity index (χ4n) is 2.33. The van der Waals surface area contributed by atoms with Gasteiger partial charge in [-0.2, -0.15) is 5.26 Å². The van der Waals surface area contributed by atoms with E-state index >= 15 is 0 Å². The molecule has 3 nitrogen and oxygen atoms in total. The predicted molar refractivity (Wildman–Crippen MR) is 53.3 cm³/mol. The Kier molecular flexibility index (Phi) is 2.52. The maximum absolute atomic E-state index is 11.8. The lowest BCUT2D eigenvalue weighted by Gasteiger charge is -2.25. The SMILES string of the molecule is N#CC(C1CC1)C1CCCCS1(=O)=O. The van der Waals surface area contributed by atoms with Crippen LogP contribution in [0.25, 0.3) is 0 Å². The number of nitrogens with zero attached hydrogens (tertiary/aromatic N) is 1. The highest BCUT2D eigenvalue weighted by Crippen LogP contribution is 2.42. The van der Waals surface area contributed by atoms with E-state index in [4.69, 9.17) is 5.26 Å². The summed E-state index contributed by atoms with van der Waals surface area (Å²) in [5.41, 5.74) is 0. The van der Waals surface area contributed by atoms with Crippen molar-refractivity contribution >= 4 is 9.84 Å². The van der Waals surface area contributed by atoms with Gasteiger partial charge in [-0.3, -0.25) is 0 Å². The van der Waals surface area contributed by atoms with Crippen molar-refractivity contribution in [1.29, 1.82) is 5.26 Å². The van der Waals surface area contributed by atoms with Crippen LogP contribution in [0, 0.1) is 23.2 Å². The van der Waals surface area contributed by atoms with Gasteiger partial charge in [0.15, 0.2) is 9.84 Å². The first-order chi connectivity index (χ1) is 6.65. The zero-order valence-corrected chi connectivity index (χ0v) is 8.96. The van der Waals surface area contributed by atoms with Crippen molar-refractivity contribution in [2.75, 3.05) is 5.75 Å². The molecular weight excluding hydrogens is 198 g/mol. The van der Waals surface area contributed by atoms with E-state index in [1.165, 1.54) is 0 Å². The highest BCUT2D eigenvalue weighted by atomic mass is 32.2. The second-order valence-electron chi connectivity index (χ2n) is 4.39. The molecule has 0 bridgehead atoms. The molecular formula is C10H15NO2S. The Balaban J connectivity index is 2.18. The molecule has 0 spiro atoms. The lowest BCUT2D eigenvalue weighted by molar-refractivity contribution is 0.460. The summed E-state index contributed by atoms with van der Waals surface area (Å²) in [6, 6.07) is 2.21. The average Bonchev–Trinajstić information content (AvgIpc) is 2.92. The highest BCUT2D eigenvalue weighted by molar-refractivity contribution is 7.92. The van der Waals surface area contributed by atoms with Crippen LogP contribution in [0.15, 0.2) is 0 Å². The van der Waals surface area contributed by atoms with Crippen molar-refractivity contribution in [3.05, 3.63) is 0 Å². The standard InChI is InChI=1S/C10H15NO2S/c11-7-9(8-4-5-8)10-3-1-2-6-14(10,12)13/h8-10H,1-6H2. The fourth-order valence-corrected chi connectivity index (χ4v) is 4.49. The molecule has 0 aromatic heterocycles. The molecule has 78 valence electrons. The third-order valence-corrected chi connectivity index (χ3v) is 5.62. The van der Waals surface area contributed by atoms with Gasteiger partial charge in [0, 0.05) is 0 Å². The first-order valence-electron chi connectivity index (χ1n) is 5.26. The van der Waals surface area contributed by atoms with E-state index in [1.54, 1.807) is 0 Å². The van der Waals surface area contributed by atoms with Crippen molar-refractivity contribution in [2.45, 2.75) is 37.4 Å². The molecule has 2 aliphatic rings. The molecule has 0 aromatic rings. The summed E-state index contributed by atoms with van der Waals surface area (Å²) >= 11 is 0. The highest BCUT2D eigenvalue weighted by Gasteiger charge is 2.43. The quantitative estimate of drug-likeness (QED) is 0.698. The van der Waals surface area contributed by atoms with Crippen LogP contribution in [0.5, 0.6) is 0 Å². The summed E-state index contributed by atoms with van der Waals surface area (Å²) in [5.74, 6) is 0.445. The van der Waals surface area contributed by atoms with Crippen molar-refractivity contribution in [3.8, 4) is 6.07 Å². The molecule has 1 saturated carbocycles. The van der Waals surface area contributed by atoms with Gasteiger partial charge < -0.3 is 0 Å². The van der Waals surface area contributed by atoms with Gasteiger partial charge >= 0.3 is 0 Å². The molecule has 4 heteroatoms. The molecule has 14 heavy (non-hydrogen) atoms. The third-order valence-electron chi connectivity index (χ3n) is 3.31. The molecule has 0 aromatic carbocycles. The smallest absolute Gasteiger partial charge is 0.154 e. The topological polar surface area (TPSA) is 57.9 Å². The summed E-state index contributed by atoms with van der Waals surface area (Å²) in [7, 11) is -2.96. The molecule has 2 rings (SSSR count). The maximum Gasteiger partial charge on any atom is 0.154 e. The van der Waals surface area contributed by atoms with Crippen LogP contribution in [0.1, 0.15) is 32.1 Å². The fraction of sp³-hybridized carbons (Fsp3) is 0.900.